The fraction of sp³-hybridized carbons (Fsp3) is 0.929. The van der Waals surface area contributed by atoms with E-state index in [9.17, 15) is 5.11 Å². The average Bonchev–Trinajstić information content (AvgIpc) is 2.35. The van der Waals surface area contributed by atoms with Crippen LogP contribution in [0.15, 0.2) is 0 Å². The normalized spacial score (nSPS) is 30.3. The van der Waals surface area contributed by atoms with Crippen LogP contribution >= 0.6 is 0 Å². The first kappa shape index (κ1) is 14.5. The first-order valence-electron chi connectivity index (χ1n) is 6.85. The average molecular weight is 238 g/mol. The molecule has 0 aromatic rings. The van der Waals surface area contributed by atoms with Gasteiger partial charge in [0.15, 0.2) is 0 Å². The highest BCUT2D eigenvalue weighted by Crippen LogP contribution is 2.25. The van der Waals surface area contributed by atoms with Crippen LogP contribution in [-0.4, -0.2) is 23.3 Å². The molecule has 1 saturated carbocycles. The third-order valence-corrected chi connectivity index (χ3v) is 4.28. The predicted molar refractivity (Wildman–Crippen MR) is 69.4 cm³/mol. The molecule has 1 aliphatic carbocycles. The molecule has 3 nitrogen and oxygen atoms in total. The molecular weight excluding hydrogens is 212 g/mol. The van der Waals surface area contributed by atoms with Crippen LogP contribution in [0.25, 0.3) is 0 Å². The summed E-state index contributed by atoms with van der Waals surface area (Å²) in [6.07, 6.45) is 5.22. The Morgan fingerprint density at radius 1 is 1.53 bits per heavy atom. The Bertz CT molecular complexity index is 270. The van der Waals surface area contributed by atoms with Crippen LogP contribution in [0.4, 0.5) is 0 Å². The molecule has 0 amide bonds. The summed E-state index contributed by atoms with van der Waals surface area (Å²) < 4.78 is 0. The molecule has 0 bridgehead atoms. The van der Waals surface area contributed by atoms with Crippen LogP contribution in [-0.2, 0) is 0 Å². The van der Waals surface area contributed by atoms with Gasteiger partial charge in [0.2, 0.25) is 0 Å². The summed E-state index contributed by atoms with van der Waals surface area (Å²) in [4.78, 5) is 0. The zero-order chi connectivity index (χ0) is 12.9. The van der Waals surface area contributed by atoms with Crippen molar-refractivity contribution in [3.63, 3.8) is 0 Å². The molecule has 0 heterocycles. The minimum atomic E-state index is -0.645. The second kappa shape index (κ2) is 6.37. The molecule has 0 unspecified atom stereocenters. The minimum Gasteiger partial charge on any atom is -0.389 e. The van der Waals surface area contributed by atoms with Gasteiger partial charge < -0.3 is 10.4 Å². The number of hydrogen-bond donors (Lipinski definition) is 2. The van der Waals surface area contributed by atoms with Gasteiger partial charge in [-0.2, -0.15) is 5.26 Å². The number of nitrogens with one attached hydrogen (secondary N) is 1. The molecule has 0 aromatic carbocycles. The highest BCUT2D eigenvalue weighted by atomic mass is 16.3. The lowest BCUT2D eigenvalue weighted by Gasteiger charge is -2.34. The summed E-state index contributed by atoms with van der Waals surface area (Å²) in [7, 11) is 0. The number of nitrogens with zero attached hydrogens (tertiary/aromatic N) is 1. The van der Waals surface area contributed by atoms with Gasteiger partial charge in [-0.1, -0.05) is 26.7 Å². The van der Waals surface area contributed by atoms with Crippen LogP contribution in [0.5, 0.6) is 0 Å². The topological polar surface area (TPSA) is 56.0 Å². The third kappa shape index (κ3) is 4.29. The van der Waals surface area contributed by atoms with E-state index in [0.717, 1.165) is 32.1 Å². The van der Waals surface area contributed by atoms with Gasteiger partial charge >= 0.3 is 0 Å². The van der Waals surface area contributed by atoms with E-state index in [-0.39, 0.29) is 5.92 Å². The highest BCUT2D eigenvalue weighted by Gasteiger charge is 2.29. The maximum absolute atomic E-state index is 10.3. The fourth-order valence-corrected chi connectivity index (χ4v) is 2.46. The first-order valence-corrected chi connectivity index (χ1v) is 6.85. The zero-order valence-corrected chi connectivity index (χ0v) is 11.4. The molecule has 1 fully saturated rings. The summed E-state index contributed by atoms with van der Waals surface area (Å²) in [5.41, 5.74) is -0.645. The summed E-state index contributed by atoms with van der Waals surface area (Å²) in [5, 5.41) is 22.7. The van der Waals surface area contributed by atoms with Gasteiger partial charge in [0.05, 0.1) is 11.7 Å². The van der Waals surface area contributed by atoms with E-state index in [4.69, 9.17) is 5.26 Å². The van der Waals surface area contributed by atoms with E-state index < -0.39 is 5.60 Å². The third-order valence-electron chi connectivity index (χ3n) is 4.28. The molecule has 0 aliphatic heterocycles. The number of nitriles is 1. The van der Waals surface area contributed by atoms with Gasteiger partial charge in [-0.25, -0.2) is 0 Å². The zero-order valence-electron chi connectivity index (χ0n) is 11.4. The Morgan fingerprint density at radius 2 is 2.24 bits per heavy atom. The van der Waals surface area contributed by atoms with Crippen LogP contribution in [0, 0.1) is 23.2 Å². The monoisotopic (exact) mass is 238 g/mol. The minimum absolute atomic E-state index is 0.204. The Labute approximate surface area is 105 Å². The van der Waals surface area contributed by atoms with Crippen LogP contribution in [0.1, 0.15) is 52.9 Å². The molecule has 0 aromatic heterocycles. The van der Waals surface area contributed by atoms with E-state index in [1.807, 2.05) is 6.92 Å². The van der Waals surface area contributed by atoms with Gasteiger partial charge in [0.1, 0.15) is 0 Å². The van der Waals surface area contributed by atoms with Gasteiger partial charge in [-0.05, 0) is 32.1 Å². The smallest absolute Gasteiger partial charge is 0.0768 e. The lowest BCUT2D eigenvalue weighted by atomic mass is 9.85. The van der Waals surface area contributed by atoms with Crippen molar-refractivity contribution in [2.75, 3.05) is 6.54 Å². The van der Waals surface area contributed by atoms with E-state index in [2.05, 4.69) is 25.2 Å². The molecule has 98 valence electrons. The summed E-state index contributed by atoms with van der Waals surface area (Å²) in [6, 6.07) is 2.77. The predicted octanol–water partition coefficient (Wildman–Crippen LogP) is 2.46. The molecule has 0 spiro atoms. The number of hydrogen-bond acceptors (Lipinski definition) is 3. The molecule has 1 aliphatic rings. The lowest BCUT2D eigenvalue weighted by Crippen LogP contribution is -2.47. The van der Waals surface area contributed by atoms with Gasteiger partial charge in [0.25, 0.3) is 0 Å². The van der Waals surface area contributed by atoms with E-state index >= 15 is 0 Å². The molecule has 1 rings (SSSR count). The van der Waals surface area contributed by atoms with Crippen molar-refractivity contribution in [1.82, 2.24) is 5.32 Å². The van der Waals surface area contributed by atoms with Crippen LogP contribution < -0.4 is 5.32 Å². The maximum atomic E-state index is 10.3. The molecule has 2 N–H and O–H groups in total. The van der Waals surface area contributed by atoms with Crippen molar-refractivity contribution in [2.24, 2.45) is 11.8 Å². The molecule has 0 saturated heterocycles. The van der Waals surface area contributed by atoms with Crippen LogP contribution in [0.3, 0.4) is 0 Å². The van der Waals surface area contributed by atoms with Crippen molar-refractivity contribution in [3.05, 3.63) is 0 Å². The van der Waals surface area contributed by atoms with Crippen molar-refractivity contribution in [3.8, 4) is 6.07 Å². The van der Waals surface area contributed by atoms with Crippen LogP contribution in [0.2, 0.25) is 0 Å². The number of aliphatic hydroxyl groups is 1. The lowest BCUT2D eigenvalue weighted by molar-refractivity contribution is 0.00196. The van der Waals surface area contributed by atoms with E-state index in [1.54, 1.807) is 0 Å². The Kier molecular flexibility index (Phi) is 5.42. The highest BCUT2D eigenvalue weighted by molar-refractivity contribution is 4.91. The largest absolute Gasteiger partial charge is 0.389 e. The van der Waals surface area contributed by atoms with Crippen molar-refractivity contribution in [2.45, 2.75) is 64.5 Å². The maximum Gasteiger partial charge on any atom is 0.0768 e. The molecule has 4 atom stereocenters. The standard InChI is InChI=1S/C14H26N2O/c1-4-11(2)14(3,17)10-16-13-7-5-6-12(8-13)9-15/h11-13,16-17H,4-8,10H2,1-3H3/t11-,12-,13+,14+/m0/s1. The van der Waals surface area contributed by atoms with Crippen molar-refractivity contribution in [1.29, 1.82) is 5.26 Å². The first-order chi connectivity index (χ1) is 7.99. The Hall–Kier alpha value is -0.590. The van der Waals surface area contributed by atoms with Gasteiger partial charge in [0, 0.05) is 18.5 Å². The van der Waals surface area contributed by atoms with Crippen molar-refractivity contribution >= 4 is 0 Å². The molecule has 3 heteroatoms. The van der Waals surface area contributed by atoms with E-state index in [1.165, 1.54) is 0 Å². The SMILES string of the molecule is CC[C@H](C)[C@](C)(O)CN[C@@H]1CCC[C@H](C#N)C1. The number of rotatable bonds is 5. The second-order valence-corrected chi connectivity index (χ2v) is 5.74. The van der Waals surface area contributed by atoms with Gasteiger partial charge in [-0.15, -0.1) is 0 Å². The molecule has 17 heavy (non-hydrogen) atoms. The quantitative estimate of drug-likeness (QED) is 0.773. The Morgan fingerprint density at radius 3 is 2.82 bits per heavy atom. The fourth-order valence-electron chi connectivity index (χ4n) is 2.46. The molecule has 0 radical (unpaired) electrons. The Balaban J connectivity index is 2.37. The van der Waals surface area contributed by atoms with Crippen molar-refractivity contribution < 1.29 is 5.11 Å². The summed E-state index contributed by atoms with van der Waals surface area (Å²) in [5.74, 6) is 0.500. The molecular formula is C14H26N2O. The summed E-state index contributed by atoms with van der Waals surface area (Å²) in [6.45, 7) is 6.72. The summed E-state index contributed by atoms with van der Waals surface area (Å²) >= 11 is 0. The van der Waals surface area contributed by atoms with E-state index in [0.29, 0.717) is 18.5 Å². The second-order valence-electron chi connectivity index (χ2n) is 5.74. The van der Waals surface area contributed by atoms with Gasteiger partial charge in [-0.3, -0.25) is 0 Å².